The fourth-order valence-corrected chi connectivity index (χ4v) is 2.93. The molecule has 2 heterocycles. The third-order valence-corrected chi connectivity index (χ3v) is 4.27. The maximum Gasteiger partial charge on any atom is 0.398 e. The summed E-state index contributed by atoms with van der Waals surface area (Å²) in [6.45, 7) is 1.89. The number of alkyl halides is 3. The van der Waals surface area contributed by atoms with E-state index in [0.717, 1.165) is 11.3 Å². The van der Waals surface area contributed by atoms with Crippen LogP contribution in [0, 0.1) is 6.92 Å². The average Bonchev–Trinajstić information content (AvgIpc) is 2.97. The third-order valence-electron chi connectivity index (χ3n) is 3.27. The number of thioether (sulfide) groups is 1. The first-order valence-electron chi connectivity index (χ1n) is 7.07. The van der Waals surface area contributed by atoms with Gasteiger partial charge in [0.05, 0.1) is 11.4 Å². The first-order chi connectivity index (χ1) is 11.5. The SMILES string of the molecule is Cc1ccccc1-n1c(SCC(F)(F)F)nnc1-c1cccnc1. The van der Waals surface area contributed by atoms with Gasteiger partial charge in [-0.3, -0.25) is 9.55 Å². The molecule has 1 aromatic carbocycles. The first kappa shape index (κ1) is 16.5. The van der Waals surface area contributed by atoms with Gasteiger partial charge in [-0.1, -0.05) is 30.0 Å². The Morgan fingerprint density at radius 2 is 1.88 bits per heavy atom. The Labute approximate surface area is 140 Å². The molecule has 0 spiro atoms. The molecule has 0 N–H and O–H groups in total. The lowest BCUT2D eigenvalue weighted by Crippen LogP contribution is -2.12. The van der Waals surface area contributed by atoms with Crippen LogP contribution in [0.25, 0.3) is 17.1 Å². The number of halogens is 3. The minimum atomic E-state index is -4.28. The molecule has 124 valence electrons. The molecule has 3 rings (SSSR count). The highest BCUT2D eigenvalue weighted by atomic mass is 32.2. The van der Waals surface area contributed by atoms with E-state index in [-0.39, 0.29) is 5.16 Å². The second kappa shape index (κ2) is 6.64. The number of rotatable bonds is 4. The number of hydrogen-bond donors (Lipinski definition) is 0. The van der Waals surface area contributed by atoms with Gasteiger partial charge in [-0.15, -0.1) is 10.2 Å². The van der Waals surface area contributed by atoms with Crippen LogP contribution in [-0.4, -0.2) is 31.7 Å². The van der Waals surface area contributed by atoms with Gasteiger partial charge in [0.25, 0.3) is 0 Å². The van der Waals surface area contributed by atoms with Gasteiger partial charge in [-0.2, -0.15) is 13.2 Å². The summed E-state index contributed by atoms with van der Waals surface area (Å²) in [6.07, 6.45) is -1.05. The summed E-state index contributed by atoms with van der Waals surface area (Å²) in [5.74, 6) is -0.564. The number of pyridine rings is 1. The smallest absolute Gasteiger partial charge is 0.270 e. The van der Waals surface area contributed by atoms with E-state index in [1.54, 1.807) is 29.1 Å². The molecule has 0 aliphatic rings. The van der Waals surface area contributed by atoms with Gasteiger partial charge in [0.1, 0.15) is 0 Å². The zero-order valence-electron chi connectivity index (χ0n) is 12.7. The van der Waals surface area contributed by atoms with Crippen molar-refractivity contribution in [2.45, 2.75) is 18.3 Å². The number of benzene rings is 1. The van der Waals surface area contributed by atoms with Crippen molar-refractivity contribution in [1.82, 2.24) is 19.7 Å². The number of hydrogen-bond acceptors (Lipinski definition) is 4. The molecule has 8 heteroatoms. The Morgan fingerprint density at radius 3 is 2.54 bits per heavy atom. The van der Waals surface area contributed by atoms with E-state index in [2.05, 4.69) is 15.2 Å². The fraction of sp³-hybridized carbons (Fsp3) is 0.188. The van der Waals surface area contributed by atoms with Crippen molar-refractivity contribution < 1.29 is 13.2 Å². The van der Waals surface area contributed by atoms with Crippen LogP contribution in [0.15, 0.2) is 53.9 Å². The Bertz CT molecular complexity index is 831. The molecule has 0 aliphatic heterocycles. The zero-order chi connectivity index (χ0) is 17.2. The van der Waals surface area contributed by atoms with E-state index in [0.29, 0.717) is 23.1 Å². The lowest BCUT2D eigenvalue weighted by molar-refractivity contribution is -0.105. The summed E-state index contributed by atoms with van der Waals surface area (Å²) in [6, 6.07) is 11.0. The van der Waals surface area contributed by atoms with Crippen LogP contribution in [-0.2, 0) is 0 Å². The molecule has 0 saturated carbocycles. The minimum absolute atomic E-state index is 0.195. The van der Waals surface area contributed by atoms with Crippen molar-refractivity contribution in [2.75, 3.05) is 5.75 Å². The van der Waals surface area contributed by atoms with Gasteiger partial charge in [-0.25, -0.2) is 0 Å². The lowest BCUT2D eigenvalue weighted by Gasteiger charge is -2.13. The molecule has 2 aromatic heterocycles. The van der Waals surface area contributed by atoms with Crippen molar-refractivity contribution in [3.63, 3.8) is 0 Å². The Morgan fingerprint density at radius 1 is 1.08 bits per heavy atom. The summed E-state index contributed by atoms with van der Waals surface area (Å²) in [5.41, 5.74) is 2.34. The molecular formula is C16H13F3N4S. The van der Waals surface area contributed by atoms with Gasteiger partial charge >= 0.3 is 6.18 Å². The first-order valence-corrected chi connectivity index (χ1v) is 8.05. The van der Waals surface area contributed by atoms with Crippen molar-refractivity contribution in [2.24, 2.45) is 0 Å². The van der Waals surface area contributed by atoms with Gasteiger partial charge in [0.15, 0.2) is 11.0 Å². The molecule has 0 atom stereocenters. The second-order valence-corrected chi connectivity index (χ2v) is 6.02. The van der Waals surface area contributed by atoms with E-state index in [1.807, 2.05) is 31.2 Å². The normalized spacial score (nSPS) is 11.7. The molecule has 4 nitrogen and oxygen atoms in total. The monoisotopic (exact) mass is 350 g/mol. The second-order valence-electron chi connectivity index (χ2n) is 5.07. The summed E-state index contributed by atoms with van der Waals surface area (Å²) < 4.78 is 39.4. The van der Waals surface area contributed by atoms with Crippen LogP contribution in [0.5, 0.6) is 0 Å². The van der Waals surface area contributed by atoms with Crippen LogP contribution < -0.4 is 0 Å². The fourth-order valence-electron chi connectivity index (χ4n) is 2.22. The number of nitrogens with zero attached hydrogens (tertiary/aromatic N) is 4. The van der Waals surface area contributed by atoms with E-state index in [4.69, 9.17) is 0 Å². The highest BCUT2D eigenvalue weighted by Gasteiger charge is 2.29. The highest BCUT2D eigenvalue weighted by molar-refractivity contribution is 7.99. The maximum absolute atomic E-state index is 12.6. The zero-order valence-corrected chi connectivity index (χ0v) is 13.5. The van der Waals surface area contributed by atoms with Crippen LogP contribution in [0.2, 0.25) is 0 Å². The number of aryl methyl sites for hydroxylation is 1. The van der Waals surface area contributed by atoms with Gasteiger partial charge in [0.2, 0.25) is 0 Å². The Kier molecular flexibility index (Phi) is 4.57. The molecule has 0 bridgehead atoms. The molecular weight excluding hydrogens is 337 g/mol. The maximum atomic E-state index is 12.6. The summed E-state index contributed by atoms with van der Waals surface area (Å²) >= 11 is 0.617. The summed E-state index contributed by atoms with van der Waals surface area (Å²) in [5, 5.41) is 8.25. The van der Waals surface area contributed by atoms with E-state index in [1.165, 1.54) is 0 Å². The van der Waals surface area contributed by atoms with E-state index in [9.17, 15) is 13.2 Å². The Balaban J connectivity index is 2.11. The largest absolute Gasteiger partial charge is 0.398 e. The van der Waals surface area contributed by atoms with Crippen LogP contribution in [0.4, 0.5) is 13.2 Å². The number of para-hydroxylation sites is 1. The predicted molar refractivity (Wildman–Crippen MR) is 86.1 cm³/mol. The minimum Gasteiger partial charge on any atom is -0.270 e. The number of aromatic nitrogens is 4. The third kappa shape index (κ3) is 3.59. The molecule has 0 amide bonds. The van der Waals surface area contributed by atoms with E-state index < -0.39 is 11.9 Å². The highest BCUT2D eigenvalue weighted by Crippen LogP contribution is 2.32. The Hall–Kier alpha value is -2.35. The van der Waals surface area contributed by atoms with Gasteiger partial charge < -0.3 is 0 Å². The summed E-state index contributed by atoms with van der Waals surface area (Å²) in [4.78, 5) is 4.04. The lowest BCUT2D eigenvalue weighted by atomic mass is 10.2. The van der Waals surface area contributed by atoms with Gasteiger partial charge in [0, 0.05) is 18.0 Å². The van der Waals surface area contributed by atoms with Crippen molar-refractivity contribution in [1.29, 1.82) is 0 Å². The quantitative estimate of drug-likeness (QED) is 0.658. The topological polar surface area (TPSA) is 43.6 Å². The van der Waals surface area contributed by atoms with Crippen LogP contribution in [0.1, 0.15) is 5.56 Å². The van der Waals surface area contributed by atoms with Crippen molar-refractivity contribution in [3.05, 3.63) is 54.4 Å². The molecule has 0 fully saturated rings. The molecule has 24 heavy (non-hydrogen) atoms. The van der Waals surface area contributed by atoms with Crippen molar-refractivity contribution >= 4 is 11.8 Å². The molecule has 0 radical (unpaired) electrons. The van der Waals surface area contributed by atoms with E-state index >= 15 is 0 Å². The molecule has 3 aromatic rings. The standard InChI is InChI=1S/C16H13F3N4S/c1-11-5-2-3-7-13(11)23-14(12-6-4-8-20-9-12)21-22-15(23)24-10-16(17,18)19/h2-9H,10H2,1H3. The average molecular weight is 350 g/mol. The van der Waals surface area contributed by atoms with Crippen LogP contribution in [0.3, 0.4) is 0 Å². The molecule has 0 unspecified atom stereocenters. The molecule has 0 aliphatic carbocycles. The molecule has 0 saturated heterocycles. The van der Waals surface area contributed by atoms with Crippen LogP contribution >= 0.6 is 11.8 Å². The van der Waals surface area contributed by atoms with Gasteiger partial charge in [-0.05, 0) is 30.7 Å². The predicted octanol–water partition coefficient (Wildman–Crippen LogP) is 4.29. The summed E-state index contributed by atoms with van der Waals surface area (Å²) in [7, 11) is 0. The van der Waals surface area contributed by atoms with Crippen molar-refractivity contribution in [3.8, 4) is 17.1 Å².